The number of hydrogen-bond donors (Lipinski definition) is 1. The Bertz CT molecular complexity index is 390. The standard InChI is InChI=1S/C16H28N2O/c1-12(2)15-10-14(6-7-16(15)19-5)11-18(4)13(3)8-9-17/h6-7,10,12-13H,8-9,11,17H2,1-5H3. The van der Waals surface area contributed by atoms with E-state index in [4.69, 9.17) is 10.5 Å². The number of ether oxygens (including phenoxy) is 1. The Morgan fingerprint density at radius 1 is 1.26 bits per heavy atom. The fourth-order valence-corrected chi connectivity index (χ4v) is 2.24. The summed E-state index contributed by atoms with van der Waals surface area (Å²) in [6, 6.07) is 6.99. The fourth-order valence-electron chi connectivity index (χ4n) is 2.24. The molecule has 1 aromatic rings. The van der Waals surface area contributed by atoms with Crippen LogP contribution in [0.2, 0.25) is 0 Å². The molecule has 0 amide bonds. The lowest BCUT2D eigenvalue weighted by Crippen LogP contribution is -2.30. The Hall–Kier alpha value is -1.06. The molecule has 1 aromatic carbocycles. The van der Waals surface area contributed by atoms with Crippen LogP contribution >= 0.6 is 0 Å². The van der Waals surface area contributed by atoms with Gasteiger partial charge in [-0.05, 0) is 50.0 Å². The molecule has 1 atom stereocenters. The Morgan fingerprint density at radius 2 is 1.95 bits per heavy atom. The van der Waals surface area contributed by atoms with Crippen LogP contribution in [0, 0.1) is 0 Å². The molecule has 3 nitrogen and oxygen atoms in total. The Morgan fingerprint density at radius 3 is 2.47 bits per heavy atom. The van der Waals surface area contributed by atoms with Crippen LogP contribution in [0.25, 0.3) is 0 Å². The third-order valence-corrected chi connectivity index (χ3v) is 3.68. The maximum atomic E-state index is 5.62. The molecule has 0 bridgehead atoms. The van der Waals surface area contributed by atoms with Crippen LogP contribution in [0.15, 0.2) is 18.2 Å². The smallest absolute Gasteiger partial charge is 0.122 e. The van der Waals surface area contributed by atoms with Gasteiger partial charge in [-0.2, -0.15) is 0 Å². The summed E-state index contributed by atoms with van der Waals surface area (Å²) in [6.07, 6.45) is 1.03. The summed E-state index contributed by atoms with van der Waals surface area (Å²) in [5.41, 5.74) is 8.23. The third-order valence-electron chi connectivity index (χ3n) is 3.68. The van der Waals surface area contributed by atoms with E-state index in [2.05, 4.69) is 50.9 Å². The lowest BCUT2D eigenvalue weighted by molar-refractivity contribution is 0.240. The largest absolute Gasteiger partial charge is 0.496 e. The van der Waals surface area contributed by atoms with Gasteiger partial charge in [-0.1, -0.05) is 26.0 Å². The molecule has 3 heteroatoms. The van der Waals surface area contributed by atoms with Crippen molar-refractivity contribution < 1.29 is 4.74 Å². The zero-order valence-corrected chi connectivity index (χ0v) is 12.9. The summed E-state index contributed by atoms with van der Waals surface area (Å²) in [5, 5.41) is 0. The normalized spacial score (nSPS) is 13.1. The van der Waals surface area contributed by atoms with Crippen LogP contribution in [-0.4, -0.2) is 31.6 Å². The average molecular weight is 264 g/mol. The van der Waals surface area contributed by atoms with Crippen molar-refractivity contribution in [2.45, 2.75) is 45.7 Å². The molecule has 0 heterocycles. The first kappa shape index (κ1) is 16.0. The molecule has 0 aliphatic carbocycles. The zero-order chi connectivity index (χ0) is 14.4. The van der Waals surface area contributed by atoms with E-state index in [1.54, 1.807) is 7.11 Å². The molecule has 1 unspecified atom stereocenters. The predicted molar refractivity (Wildman–Crippen MR) is 81.7 cm³/mol. The zero-order valence-electron chi connectivity index (χ0n) is 12.9. The number of hydrogen-bond acceptors (Lipinski definition) is 3. The second-order valence-corrected chi connectivity index (χ2v) is 5.57. The predicted octanol–water partition coefficient (Wildman–Crippen LogP) is 2.99. The molecule has 0 saturated heterocycles. The molecule has 108 valence electrons. The van der Waals surface area contributed by atoms with Crippen molar-refractivity contribution in [2.24, 2.45) is 5.73 Å². The highest BCUT2D eigenvalue weighted by molar-refractivity contribution is 5.39. The number of nitrogens with two attached hydrogens (primary N) is 1. The summed E-state index contributed by atoms with van der Waals surface area (Å²) >= 11 is 0. The fraction of sp³-hybridized carbons (Fsp3) is 0.625. The Kier molecular flexibility index (Phi) is 6.32. The molecule has 0 fully saturated rings. The monoisotopic (exact) mass is 264 g/mol. The molecule has 0 aliphatic heterocycles. The molecule has 0 aromatic heterocycles. The van der Waals surface area contributed by atoms with Crippen LogP contribution in [0.4, 0.5) is 0 Å². The van der Waals surface area contributed by atoms with Gasteiger partial charge in [0, 0.05) is 12.6 Å². The van der Waals surface area contributed by atoms with Gasteiger partial charge in [0.05, 0.1) is 7.11 Å². The van der Waals surface area contributed by atoms with Gasteiger partial charge in [0.25, 0.3) is 0 Å². The third kappa shape index (κ3) is 4.51. The van der Waals surface area contributed by atoms with Gasteiger partial charge in [-0.15, -0.1) is 0 Å². The SMILES string of the molecule is COc1ccc(CN(C)C(C)CCN)cc1C(C)C. The van der Waals surface area contributed by atoms with Crippen molar-refractivity contribution >= 4 is 0 Å². The minimum atomic E-state index is 0.474. The number of nitrogens with zero attached hydrogens (tertiary/aromatic N) is 1. The second kappa shape index (κ2) is 7.51. The first-order chi connectivity index (χ1) is 8.99. The molecule has 0 radical (unpaired) electrons. The van der Waals surface area contributed by atoms with Gasteiger partial charge in [0.2, 0.25) is 0 Å². The van der Waals surface area contributed by atoms with Gasteiger partial charge in [-0.25, -0.2) is 0 Å². The summed E-state index contributed by atoms with van der Waals surface area (Å²) in [6.45, 7) is 8.31. The molecule has 2 N–H and O–H groups in total. The van der Waals surface area contributed by atoms with Gasteiger partial charge >= 0.3 is 0 Å². The Labute approximate surface area is 117 Å². The van der Waals surface area contributed by atoms with Crippen molar-refractivity contribution in [2.75, 3.05) is 20.7 Å². The van der Waals surface area contributed by atoms with Gasteiger partial charge < -0.3 is 10.5 Å². The minimum Gasteiger partial charge on any atom is -0.496 e. The van der Waals surface area contributed by atoms with Crippen LogP contribution in [0.1, 0.15) is 44.2 Å². The maximum absolute atomic E-state index is 5.62. The second-order valence-electron chi connectivity index (χ2n) is 5.57. The van der Waals surface area contributed by atoms with E-state index >= 15 is 0 Å². The van der Waals surface area contributed by atoms with E-state index < -0.39 is 0 Å². The number of benzene rings is 1. The highest BCUT2D eigenvalue weighted by Crippen LogP contribution is 2.27. The number of rotatable bonds is 7. The molecular formula is C16H28N2O. The van der Waals surface area contributed by atoms with Crippen molar-refractivity contribution in [3.63, 3.8) is 0 Å². The summed E-state index contributed by atoms with van der Waals surface area (Å²) < 4.78 is 5.42. The van der Waals surface area contributed by atoms with E-state index in [0.717, 1.165) is 25.3 Å². The molecule has 0 spiro atoms. The molecule has 19 heavy (non-hydrogen) atoms. The van der Waals surface area contributed by atoms with Crippen LogP contribution in [0.5, 0.6) is 5.75 Å². The van der Waals surface area contributed by atoms with E-state index in [1.807, 2.05) is 0 Å². The van der Waals surface area contributed by atoms with E-state index in [1.165, 1.54) is 11.1 Å². The lowest BCUT2D eigenvalue weighted by atomic mass is 9.99. The van der Waals surface area contributed by atoms with Crippen LogP contribution in [0.3, 0.4) is 0 Å². The van der Waals surface area contributed by atoms with Gasteiger partial charge in [0.15, 0.2) is 0 Å². The minimum absolute atomic E-state index is 0.474. The van der Waals surface area contributed by atoms with Crippen LogP contribution < -0.4 is 10.5 Å². The number of methoxy groups -OCH3 is 1. The summed E-state index contributed by atoms with van der Waals surface area (Å²) in [5.74, 6) is 1.46. The molecule has 0 aliphatic rings. The van der Waals surface area contributed by atoms with Crippen molar-refractivity contribution in [3.8, 4) is 5.75 Å². The van der Waals surface area contributed by atoms with Crippen molar-refractivity contribution in [1.29, 1.82) is 0 Å². The summed E-state index contributed by atoms with van der Waals surface area (Å²) in [4.78, 5) is 2.35. The van der Waals surface area contributed by atoms with Crippen molar-refractivity contribution in [1.82, 2.24) is 4.90 Å². The summed E-state index contributed by atoms with van der Waals surface area (Å²) in [7, 11) is 3.88. The molecule has 0 saturated carbocycles. The van der Waals surface area contributed by atoms with Crippen LogP contribution in [-0.2, 0) is 6.54 Å². The highest BCUT2D eigenvalue weighted by Gasteiger charge is 2.12. The quantitative estimate of drug-likeness (QED) is 0.823. The first-order valence-corrected chi connectivity index (χ1v) is 7.06. The Balaban J connectivity index is 2.82. The van der Waals surface area contributed by atoms with E-state index in [9.17, 15) is 0 Å². The van der Waals surface area contributed by atoms with Gasteiger partial charge in [-0.3, -0.25) is 4.90 Å². The topological polar surface area (TPSA) is 38.5 Å². The first-order valence-electron chi connectivity index (χ1n) is 7.06. The van der Waals surface area contributed by atoms with E-state index in [0.29, 0.717) is 12.0 Å². The molecule has 1 rings (SSSR count). The molecular weight excluding hydrogens is 236 g/mol. The van der Waals surface area contributed by atoms with Crippen molar-refractivity contribution in [3.05, 3.63) is 29.3 Å². The maximum Gasteiger partial charge on any atom is 0.122 e. The highest BCUT2D eigenvalue weighted by atomic mass is 16.5. The van der Waals surface area contributed by atoms with Gasteiger partial charge in [0.1, 0.15) is 5.75 Å². The lowest BCUT2D eigenvalue weighted by Gasteiger charge is -2.25. The average Bonchev–Trinajstić information content (AvgIpc) is 2.38. The van der Waals surface area contributed by atoms with E-state index in [-0.39, 0.29) is 0 Å².